The maximum absolute atomic E-state index is 5.77. The Morgan fingerprint density at radius 3 is 2.40 bits per heavy atom. The molecule has 0 radical (unpaired) electrons. The fraction of sp³-hybridized carbons (Fsp3) is 0.250. The molecule has 1 rings (SSSR count). The fourth-order valence-electron chi connectivity index (χ4n) is 0.740. The van der Waals surface area contributed by atoms with E-state index in [1.165, 1.54) is 0 Å². The van der Waals surface area contributed by atoms with Crippen molar-refractivity contribution in [3.05, 3.63) is 35.9 Å². The Morgan fingerprint density at radius 1 is 1.30 bits per heavy atom. The maximum atomic E-state index is 5.77. The number of halogens is 1. The van der Waals surface area contributed by atoms with Gasteiger partial charge in [0.15, 0.2) is 5.56 Å². The van der Waals surface area contributed by atoms with E-state index < -0.39 is 0 Å². The average molecular weight is 157 g/mol. The summed E-state index contributed by atoms with van der Waals surface area (Å²) in [7, 11) is 1.59. The van der Waals surface area contributed by atoms with Crippen LogP contribution in [0.25, 0.3) is 0 Å². The van der Waals surface area contributed by atoms with E-state index in [4.69, 9.17) is 16.3 Å². The lowest BCUT2D eigenvalue weighted by atomic mass is 10.2. The van der Waals surface area contributed by atoms with E-state index in [0.29, 0.717) is 0 Å². The Kier molecular flexibility index (Phi) is 2.72. The highest BCUT2D eigenvalue weighted by Crippen LogP contribution is 2.19. The summed E-state index contributed by atoms with van der Waals surface area (Å²) in [5.74, 6) is 0. The van der Waals surface area contributed by atoms with E-state index in [2.05, 4.69) is 0 Å². The van der Waals surface area contributed by atoms with E-state index in [9.17, 15) is 0 Å². The van der Waals surface area contributed by atoms with E-state index >= 15 is 0 Å². The molecule has 0 unspecified atom stereocenters. The molecule has 0 aliphatic rings. The number of alkyl halides is 1. The first-order chi connectivity index (χ1) is 4.84. The van der Waals surface area contributed by atoms with Crippen LogP contribution in [0.2, 0.25) is 0 Å². The molecule has 1 atom stereocenters. The van der Waals surface area contributed by atoms with Crippen molar-refractivity contribution >= 4 is 11.6 Å². The first kappa shape index (κ1) is 7.58. The van der Waals surface area contributed by atoms with Gasteiger partial charge in [-0.2, -0.15) is 0 Å². The van der Waals surface area contributed by atoms with Crippen LogP contribution in [-0.2, 0) is 4.74 Å². The fourth-order valence-corrected chi connectivity index (χ4v) is 0.886. The summed E-state index contributed by atoms with van der Waals surface area (Å²) in [6, 6.07) is 9.68. The van der Waals surface area contributed by atoms with Crippen LogP contribution < -0.4 is 0 Å². The van der Waals surface area contributed by atoms with Crippen molar-refractivity contribution in [3.63, 3.8) is 0 Å². The topological polar surface area (TPSA) is 9.23 Å². The third-order valence-electron chi connectivity index (χ3n) is 1.27. The standard InChI is InChI=1S/C8H9ClO/c1-10-8(9)7-5-3-2-4-6-7/h2-6,8H,1H3/t8-/m0/s1. The monoisotopic (exact) mass is 156 g/mol. The molecule has 1 nitrogen and oxygen atoms in total. The predicted molar refractivity (Wildman–Crippen MR) is 42.0 cm³/mol. The average Bonchev–Trinajstić information content (AvgIpc) is 2.05. The van der Waals surface area contributed by atoms with Crippen molar-refractivity contribution in [1.29, 1.82) is 0 Å². The van der Waals surface area contributed by atoms with E-state index in [1.807, 2.05) is 30.3 Å². The van der Waals surface area contributed by atoms with Gasteiger partial charge in [0, 0.05) is 7.11 Å². The quantitative estimate of drug-likeness (QED) is 0.598. The van der Waals surface area contributed by atoms with E-state index in [0.717, 1.165) is 5.56 Å². The van der Waals surface area contributed by atoms with Gasteiger partial charge >= 0.3 is 0 Å². The molecule has 2 heteroatoms. The first-order valence-electron chi connectivity index (χ1n) is 3.06. The summed E-state index contributed by atoms with van der Waals surface area (Å²) in [4.78, 5) is 0. The van der Waals surface area contributed by atoms with Crippen molar-refractivity contribution in [2.75, 3.05) is 7.11 Å². The highest BCUT2D eigenvalue weighted by Gasteiger charge is 2.02. The number of methoxy groups -OCH3 is 1. The van der Waals surface area contributed by atoms with Crippen molar-refractivity contribution in [1.82, 2.24) is 0 Å². The zero-order valence-electron chi connectivity index (χ0n) is 5.75. The first-order valence-corrected chi connectivity index (χ1v) is 3.50. The molecule has 10 heavy (non-hydrogen) atoms. The van der Waals surface area contributed by atoms with Gasteiger partial charge in [0.1, 0.15) is 0 Å². The molecule has 0 saturated heterocycles. The van der Waals surface area contributed by atoms with Gasteiger partial charge in [0.25, 0.3) is 0 Å². The van der Waals surface area contributed by atoms with Crippen molar-refractivity contribution in [2.45, 2.75) is 5.56 Å². The minimum Gasteiger partial charge on any atom is -0.361 e. The van der Waals surface area contributed by atoms with Crippen molar-refractivity contribution in [3.8, 4) is 0 Å². The SMILES string of the molecule is CO[C@H](Cl)c1ccccc1. The van der Waals surface area contributed by atoms with Crippen molar-refractivity contribution in [2.24, 2.45) is 0 Å². The highest BCUT2D eigenvalue weighted by molar-refractivity contribution is 6.19. The van der Waals surface area contributed by atoms with Gasteiger partial charge in [-0.1, -0.05) is 41.9 Å². The molecule has 1 aromatic carbocycles. The highest BCUT2D eigenvalue weighted by atomic mass is 35.5. The third-order valence-corrected chi connectivity index (χ3v) is 1.70. The molecule has 1 aromatic rings. The van der Waals surface area contributed by atoms with Crippen LogP contribution in [0, 0.1) is 0 Å². The van der Waals surface area contributed by atoms with Gasteiger partial charge < -0.3 is 4.74 Å². The lowest BCUT2D eigenvalue weighted by Gasteiger charge is -2.05. The molecular formula is C8H9ClO. The zero-order valence-corrected chi connectivity index (χ0v) is 6.51. The molecule has 54 valence electrons. The van der Waals surface area contributed by atoms with Crippen LogP contribution in [0.3, 0.4) is 0 Å². The molecule has 0 N–H and O–H groups in total. The number of ether oxygens (including phenoxy) is 1. The molecule has 0 aromatic heterocycles. The molecule has 0 aliphatic heterocycles. The van der Waals surface area contributed by atoms with E-state index in [-0.39, 0.29) is 5.56 Å². The molecule has 0 aliphatic carbocycles. The minimum atomic E-state index is -0.318. The lowest BCUT2D eigenvalue weighted by molar-refractivity contribution is 0.170. The van der Waals surface area contributed by atoms with Gasteiger partial charge in [0.2, 0.25) is 0 Å². The molecule has 0 fully saturated rings. The summed E-state index contributed by atoms with van der Waals surface area (Å²) in [5.41, 5.74) is 0.674. The Hall–Kier alpha value is -0.530. The van der Waals surface area contributed by atoms with Crippen LogP contribution in [0.5, 0.6) is 0 Å². The summed E-state index contributed by atoms with van der Waals surface area (Å²) in [6.45, 7) is 0. The van der Waals surface area contributed by atoms with Crippen LogP contribution in [0.4, 0.5) is 0 Å². The predicted octanol–water partition coefficient (Wildman–Crippen LogP) is 2.57. The number of hydrogen-bond donors (Lipinski definition) is 0. The van der Waals surface area contributed by atoms with Gasteiger partial charge in [-0.25, -0.2) is 0 Å². The lowest BCUT2D eigenvalue weighted by Crippen LogP contribution is -1.90. The normalized spacial score (nSPS) is 13.0. The smallest absolute Gasteiger partial charge is 0.156 e. The Balaban J connectivity index is 2.75. The van der Waals surface area contributed by atoms with Crippen LogP contribution in [0.1, 0.15) is 11.1 Å². The second-order valence-corrected chi connectivity index (χ2v) is 2.36. The molecule has 0 amide bonds. The minimum absolute atomic E-state index is 0.318. The molecule has 0 heterocycles. The Labute approximate surface area is 65.6 Å². The molecule has 0 saturated carbocycles. The van der Waals surface area contributed by atoms with Gasteiger partial charge in [-0.15, -0.1) is 0 Å². The second-order valence-electron chi connectivity index (χ2n) is 1.96. The summed E-state index contributed by atoms with van der Waals surface area (Å²) >= 11 is 5.77. The van der Waals surface area contributed by atoms with Gasteiger partial charge in [0.05, 0.1) is 0 Å². The molecule has 0 bridgehead atoms. The number of benzene rings is 1. The maximum Gasteiger partial charge on any atom is 0.156 e. The Bertz CT molecular complexity index is 186. The van der Waals surface area contributed by atoms with Gasteiger partial charge in [-0.3, -0.25) is 0 Å². The zero-order chi connectivity index (χ0) is 7.40. The van der Waals surface area contributed by atoms with Crippen LogP contribution in [0.15, 0.2) is 30.3 Å². The van der Waals surface area contributed by atoms with Crippen molar-refractivity contribution < 1.29 is 4.74 Å². The Morgan fingerprint density at radius 2 is 1.90 bits per heavy atom. The van der Waals surface area contributed by atoms with Crippen LogP contribution in [-0.4, -0.2) is 7.11 Å². The largest absolute Gasteiger partial charge is 0.361 e. The summed E-state index contributed by atoms with van der Waals surface area (Å²) < 4.78 is 4.90. The molecular weight excluding hydrogens is 148 g/mol. The van der Waals surface area contributed by atoms with E-state index in [1.54, 1.807) is 7.11 Å². The van der Waals surface area contributed by atoms with Gasteiger partial charge in [-0.05, 0) is 5.56 Å². The molecule has 0 spiro atoms. The second kappa shape index (κ2) is 3.59. The summed E-state index contributed by atoms with van der Waals surface area (Å²) in [5, 5.41) is 0. The number of rotatable bonds is 2. The summed E-state index contributed by atoms with van der Waals surface area (Å²) in [6.07, 6.45) is 0. The third kappa shape index (κ3) is 1.72. The number of hydrogen-bond acceptors (Lipinski definition) is 1. The van der Waals surface area contributed by atoms with Crippen LogP contribution >= 0.6 is 11.6 Å².